The quantitative estimate of drug-likeness (QED) is 0.801. The van der Waals surface area contributed by atoms with E-state index in [1.54, 1.807) is 34.9 Å². The minimum atomic E-state index is -3.59. The number of nitrogens with one attached hydrogen (secondary N) is 1. The van der Waals surface area contributed by atoms with E-state index in [1.807, 2.05) is 6.92 Å². The fraction of sp³-hybridized carbons (Fsp3) is 0.529. The summed E-state index contributed by atoms with van der Waals surface area (Å²) in [5.41, 5.74) is 0.524. The van der Waals surface area contributed by atoms with E-state index in [0.29, 0.717) is 17.7 Å². The van der Waals surface area contributed by atoms with Gasteiger partial charge in [-0.3, -0.25) is 9.59 Å². The van der Waals surface area contributed by atoms with Crippen LogP contribution < -0.4 is 5.32 Å². The van der Waals surface area contributed by atoms with Gasteiger partial charge in [0.2, 0.25) is 21.8 Å². The van der Waals surface area contributed by atoms with Crippen molar-refractivity contribution in [3.63, 3.8) is 0 Å². The molecular weight excluding hydrogens is 374 g/mol. The van der Waals surface area contributed by atoms with Crippen LogP contribution in [-0.4, -0.2) is 60.2 Å². The molecule has 0 aliphatic carbocycles. The number of fused-ring (bicyclic) bond motifs is 1. The van der Waals surface area contributed by atoms with Crippen molar-refractivity contribution in [3.8, 4) is 0 Å². The Morgan fingerprint density at radius 1 is 1.38 bits per heavy atom. The van der Waals surface area contributed by atoms with Crippen molar-refractivity contribution in [3.05, 3.63) is 29.8 Å². The van der Waals surface area contributed by atoms with Crippen molar-refractivity contribution in [2.75, 3.05) is 19.8 Å². The summed E-state index contributed by atoms with van der Waals surface area (Å²) in [5.74, 6) is 0.327. The molecule has 0 saturated carbocycles. The van der Waals surface area contributed by atoms with Crippen molar-refractivity contribution in [2.24, 2.45) is 0 Å². The molecule has 2 atom stereocenters. The summed E-state index contributed by atoms with van der Waals surface area (Å²) in [6.45, 7) is 2.09. The summed E-state index contributed by atoms with van der Waals surface area (Å²) >= 11 is 1.63. The van der Waals surface area contributed by atoms with Crippen LogP contribution in [0.25, 0.3) is 0 Å². The first-order valence-corrected chi connectivity index (χ1v) is 10.8. The molecule has 2 fully saturated rings. The molecule has 142 valence electrons. The topological polar surface area (TPSA) is 86.8 Å². The molecule has 0 spiro atoms. The zero-order valence-corrected chi connectivity index (χ0v) is 16.7. The maximum Gasteiger partial charge on any atom is 0.243 e. The summed E-state index contributed by atoms with van der Waals surface area (Å²) in [6.07, 6.45) is 1.22. The summed E-state index contributed by atoms with van der Waals surface area (Å²) in [6, 6.07) is 6.11. The van der Waals surface area contributed by atoms with Gasteiger partial charge in [-0.05, 0) is 25.0 Å². The van der Waals surface area contributed by atoms with Crippen LogP contribution in [0.3, 0.4) is 0 Å². The molecule has 2 aliphatic rings. The van der Waals surface area contributed by atoms with Gasteiger partial charge in [-0.25, -0.2) is 12.7 Å². The Morgan fingerprint density at radius 2 is 2.08 bits per heavy atom. The van der Waals surface area contributed by atoms with E-state index in [1.165, 1.54) is 20.2 Å². The third-order valence-corrected chi connectivity index (χ3v) is 8.35. The van der Waals surface area contributed by atoms with Gasteiger partial charge >= 0.3 is 0 Å². The summed E-state index contributed by atoms with van der Waals surface area (Å²) in [4.78, 5) is 26.4. The van der Waals surface area contributed by atoms with Crippen LogP contribution in [0.2, 0.25) is 0 Å². The van der Waals surface area contributed by atoms with Crippen LogP contribution >= 0.6 is 11.8 Å². The standard InChI is InChI=1S/C17H23N3O4S2/c1-17-9-8-15(21)20(17)13(11-25-17)16(22)18-10-12-6-4-5-7-14(12)26(23,24)19(2)3/h4-7,13H,8-11H2,1-3H3,(H,18,22). The van der Waals surface area contributed by atoms with Gasteiger partial charge < -0.3 is 10.2 Å². The maximum absolute atomic E-state index is 12.7. The van der Waals surface area contributed by atoms with Gasteiger partial charge in [-0.15, -0.1) is 11.8 Å². The Kier molecular flexibility index (Phi) is 5.06. The van der Waals surface area contributed by atoms with E-state index >= 15 is 0 Å². The molecule has 9 heteroatoms. The fourth-order valence-electron chi connectivity index (χ4n) is 3.41. The zero-order chi connectivity index (χ0) is 19.1. The number of sulfonamides is 1. The highest BCUT2D eigenvalue weighted by molar-refractivity contribution is 8.01. The Morgan fingerprint density at radius 3 is 2.77 bits per heavy atom. The van der Waals surface area contributed by atoms with Gasteiger partial charge in [0.05, 0.1) is 9.77 Å². The van der Waals surface area contributed by atoms with Crippen LogP contribution in [0.5, 0.6) is 0 Å². The third-order valence-electron chi connectivity index (χ3n) is 4.93. The number of carbonyl (C=O) groups is 2. The lowest BCUT2D eigenvalue weighted by Gasteiger charge is -2.29. The molecule has 2 amide bonds. The van der Waals surface area contributed by atoms with E-state index in [0.717, 1.165) is 10.7 Å². The SMILES string of the molecule is CN(C)S(=O)(=O)c1ccccc1CNC(=O)C1CSC2(C)CCC(=O)N12. The van der Waals surface area contributed by atoms with Gasteiger partial charge in [-0.1, -0.05) is 18.2 Å². The summed E-state index contributed by atoms with van der Waals surface area (Å²) in [7, 11) is -0.649. The maximum atomic E-state index is 12.7. The molecule has 0 radical (unpaired) electrons. The van der Waals surface area contributed by atoms with Crippen molar-refractivity contribution < 1.29 is 18.0 Å². The largest absolute Gasteiger partial charge is 0.350 e. The normalized spacial score (nSPS) is 25.6. The molecule has 1 aromatic carbocycles. The number of benzene rings is 1. The highest BCUT2D eigenvalue weighted by atomic mass is 32.2. The lowest BCUT2D eigenvalue weighted by atomic mass is 10.2. The highest BCUT2D eigenvalue weighted by Gasteiger charge is 2.52. The number of nitrogens with zero attached hydrogens (tertiary/aromatic N) is 2. The van der Waals surface area contributed by atoms with Gasteiger partial charge in [-0.2, -0.15) is 0 Å². The molecule has 3 rings (SSSR count). The predicted molar refractivity (Wildman–Crippen MR) is 99.9 cm³/mol. The molecule has 26 heavy (non-hydrogen) atoms. The second kappa shape index (κ2) is 6.86. The smallest absolute Gasteiger partial charge is 0.243 e. The van der Waals surface area contributed by atoms with Crippen molar-refractivity contribution in [1.82, 2.24) is 14.5 Å². The number of amides is 2. The average Bonchev–Trinajstić information content (AvgIpc) is 3.09. The third kappa shape index (κ3) is 3.23. The van der Waals surface area contributed by atoms with Crippen LogP contribution in [-0.2, 0) is 26.2 Å². The van der Waals surface area contributed by atoms with Gasteiger partial charge in [0.25, 0.3) is 0 Å². The number of hydrogen-bond acceptors (Lipinski definition) is 5. The Hall–Kier alpha value is -1.58. The molecular formula is C17H23N3O4S2. The van der Waals surface area contributed by atoms with Gasteiger partial charge in [0, 0.05) is 32.8 Å². The number of hydrogen-bond donors (Lipinski definition) is 1. The van der Waals surface area contributed by atoms with Crippen LogP contribution in [0.15, 0.2) is 29.2 Å². The van der Waals surface area contributed by atoms with Crippen molar-refractivity contribution in [2.45, 2.75) is 42.1 Å². The molecule has 1 aromatic rings. The molecule has 1 N–H and O–H groups in total. The number of thioether (sulfide) groups is 1. The van der Waals surface area contributed by atoms with Gasteiger partial charge in [0.1, 0.15) is 6.04 Å². The van der Waals surface area contributed by atoms with Crippen LogP contribution in [0.4, 0.5) is 0 Å². The predicted octanol–water partition coefficient (Wildman–Crippen LogP) is 1.01. The zero-order valence-electron chi connectivity index (χ0n) is 15.1. The van der Waals surface area contributed by atoms with Crippen LogP contribution in [0.1, 0.15) is 25.3 Å². The molecule has 2 heterocycles. The molecule has 2 saturated heterocycles. The highest BCUT2D eigenvalue weighted by Crippen LogP contribution is 2.47. The lowest BCUT2D eigenvalue weighted by Crippen LogP contribution is -2.50. The van der Waals surface area contributed by atoms with Crippen molar-refractivity contribution >= 4 is 33.6 Å². The second-order valence-corrected chi connectivity index (χ2v) is 10.5. The molecule has 0 aromatic heterocycles. The summed E-state index contributed by atoms with van der Waals surface area (Å²) < 4.78 is 26.0. The van der Waals surface area contributed by atoms with E-state index in [9.17, 15) is 18.0 Å². The monoisotopic (exact) mass is 397 g/mol. The summed E-state index contributed by atoms with van der Waals surface area (Å²) in [5, 5.41) is 2.81. The first-order valence-electron chi connectivity index (χ1n) is 8.41. The number of carbonyl (C=O) groups excluding carboxylic acids is 2. The van der Waals surface area contributed by atoms with Crippen LogP contribution in [0, 0.1) is 0 Å². The fourth-order valence-corrected chi connectivity index (χ4v) is 5.96. The van der Waals surface area contributed by atoms with Crippen molar-refractivity contribution in [1.29, 1.82) is 0 Å². The van der Waals surface area contributed by atoms with Gasteiger partial charge in [0.15, 0.2) is 0 Å². The Labute approximate surface area is 158 Å². The molecule has 2 unspecified atom stereocenters. The number of rotatable bonds is 5. The molecule has 0 bridgehead atoms. The van der Waals surface area contributed by atoms with E-state index in [2.05, 4.69) is 5.32 Å². The molecule has 7 nitrogen and oxygen atoms in total. The minimum Gasteiger partial charge on any atom is -0.350 e. The Balaban J connectivity index is 1.75. The second-order valence-electron chi connectivity index (χ2n) is 6.88. The minimum absolute atomic E-state index is 0.00763. The van der Waals surface area contributed by atoms with E-state index < -0.39 is 16.1 Å². The first kappa shape index (κ1) is 19.2. The van der Waals surface area contributed by atoms with E-state index in [4.69, 9.17) is 0 Å². The first-order chi connectivity index (χ1) is 12.2. The lowest BCUT2D eigenvalue weighted by molar-refractivity contribution is -0.138. The van der Waals surface area contributed by atoms with E-state index in [-0.39, 0.29) is 28.1 Å². The Bertz CT molecular complexity index is 840. The average molecular weight is 398 g/mol. The molecule has 2 aliphatic heterocycles.